The lowest BCUT2D eigenvalue weighted by molar-refractivity contribution is 1.29. The van der Waals surface area contributed by atoms with Gasteiger partial charge in [0.2, 0.25) is 0 Å². The number of rotatable bonds is 2. The summed E-state index contributed by atoms with van der Waals surface area (Å²) in [7, 11) is 0. The molecule has 0 aromatic heterocycles. The summed E-state index contributed by atoms with van der Waals surface area (Å²) in [6.07, 6.45) is 2.02. The molecule has 0 radical (unpaired) electrons. The first-order chi connectivity index (χ1) is 5.24. The molecule has 0 unspecified atom stereocenters. The summed E-state index contributed by atoms with van der Waals surface area (Å²) < 4.78 is 0. The highest BCUT2D eigenvalue weighted by molar-refractivity contribution is 7.98. The summed E-state index contributed by atoms with van der Waals surface area (Å²) in [6.45, 7) is 0. The van der Waals surface area contributed by atoms with Crippen LogP contribution in [-0.4, -0.2) is 6.26 Å². The number of thioether (sulfide) groups is 1. The first-order valence-electron chi connectivity index (χ1n) is 3.16. The molecule has 60 valence electrons. The first kappa shape index (κ1) is 9.24. The van der Waals surface area contributed by atoms with Crippen LogP contribution in [0.5, 0.6) is 0 Å². The van der Waals surface area contributed by atoms with Gasteiger partial charge in [0.1, 0.15) is 4.84 Å². The van der Waals surface area contributed by atoms with Crippen LogP contribution >= 0.6 is 35.0 Å². The predicted molar refractivity (Wildman–Crippen MR) is 52.7 cm³/mol. The van der Waals surface area contributed by atoms with Crippen molar-refractivity contribution < 1.29 is 0 Å². The van der Waals surface area contributed by atoms with Gasteiger partial charge in [-0.3, -0.25) is 0 Å². The van der Waals surface area contributed by atoms with Crippen molar-refractivity contribution in [1.82, 2.24) is 0 Å². The zero-order valence-corrected chi connectivity index (χ0v) is 8.38. The topological polar surface area (TPSA) is 0 Å². The molecule has 0 fully saturated rings. The first-order valence-corrected chi connectivity index (χ1v) is 5.26. The molecule has 11 heavy (non-hydrogen) atoms. The number of halogens is 2. The molecule has 0 nitrogen and oxygen atoms in total. The van der Waals surface area contributed by atoms with E-state index in [2.05, 4.69) is 0 Å². The third kappa shape index (κ3) is 2.58. The molecule has 0 atom stereocenters. The van der Waals surface area contributed by atoms with Crippen molar-refractivity contribution in [2.75, 3.05) is 6.26 Å². The third-order valence-corrected chi connectivity index (χ3v) is 2.58. The summed E-state index contributed by atoms with van der Waals surface area (Å²) in [5.74, 6) is 0. The van der Waals surface area contributed by atoms with E-state index >= 15 is 0 Å². The molecule has 0 amide bonds. The SMILES string of the molecule is CSc1cccc(C(Cl)Cl)c1. The van der Waals surface area contributed by atoms with E-state index in [0.29, 0.717) is 0 Å². The Labute approximate surface area is 80.9 Å². The molecule has 0 saturated heterocycles. The van der Waals surface area contributed by atoms with Crippen molar-refractivity contribution in [1.29, 1.82) is 0 Å². The minimum atomic E-state index is -0.415. The Morgan fingerprint density at radius 3 is 2.64 bits per heavy atom. The predicted octanol–water partition coefficient (Wildman–Crippen LogP) is 3.88. The molecule has 1 aromatic rings. The Bertz CT molecular complexity index is 235. The molecule has 3 heteroatoms. The normalized spacial score (nSPS) is 10.5. The fraction of sp³-hybridized carbons (Fsp3) is 0.250. The molecule has 1 rings (SSSR count). The minimum Gasteiger partial charge on any atom is -0.130 e. The summed E-state index contributed by atoms with van der Waals surface area (Å²) in [5.41, 5.74) is 0.959. The van der Waals surface area contributed by atoms with Crippen molar-refractivity contribution in [3.63, 3.8) is 0 Å². The van der Waals surface area contributed by atoms with Gasteiger partial charge in [-0.25, -0.2) is 0 Å². The van der Waals surface area contributed by atoms with Crippen LogP contribution in [0, 0.1) is 0 Å². The Morgan fingerprint density at radius 1 is 1.36 bits per heavy atom. The zero-order chi connectivity index (χ0) is 8.27. The van der Waals surface area contributed by atoms with Crippen LogP contribution in [0.4, 0.5) is 0 Å². The van der Waals surface area contributed by atoms with Crippen molar-refractivity contribution in [2.45, 2.75) is 9.73 Å². The molecule has 0 aliphatic carbocycles. The fourth-order valence-electron chi connectivity index (χ4n) is 0.777. The second kappa shape index (κ2) is 4.24. The van der Waals surface area contributed by atoms with E-state index < -0.39 is 4.84 Å². The van der Waals surface area contributed by atoms with E-state index in [9.17, 15) is 0 Å². The molecule has 1 aromatic carbocycles. The van der Waals surface area contributed by atoms with Gasteiger partial charge >= 0.3 is 0 Å². The Morgan fingerprint density at radius 2 is 2.09 bits per heavy atom. The van der Waals surface area contributed by atoms with Crippen molar-refractivity contribution in [3.8, 4) is 0 Å². The summed E-state index contributed by atoms with van der Waals surface area (Å²) in [5, 5.41) is 0. The number of alkyl halides is 2. The summed E-state index contributed by atoms with van der Waals surface area (Å²) in [4.78, 5) is 0.774. The van der Waals surface area contributed by atoms with Crippen LogP contribution in [0.3, 0.4) is 0 Å². The van der Waals surface area contributed by atoms with Gasteiger partial charge in [0.05, 0.1) is 0 Å². The maximum Gasteiger partial charge on any atom is 0.132 e. The van der Waals surface area contributed by atoms with Gasteiger partial charge < -0.3 is 0 Å². The maximum absolute atomic E-state index is 5.69. The van der Waals surface area contributed by atoms with E-state index in [1.54, 1.807) is 11.8 Å². The van der Waals surface area contributed by atoms with Crippen LogP contribution in [0.2, 0.25) is 0 Å². The Kier molecular flexibility index (Phi) is 3.57. The highest BCUT2D eigenvalue weighted by Crippen LogP contribution is 2.27. The van der Waals surface area contributed by atoms with Gasteiger partial charge in [-0.2, -0.15) is 0 Å². The second-order valence-electron chi connectivity index (χ2n) is 2.08. The minimum absolute atomic E-state index is 0.415. The highest BCUT2D eigenvalue weighted by atomic mass is 35.5. The van der Waals surface area contributed by atoms with E-state index in [1.165, 1.54) is 4.90 Å². The standard InChI is InChI=1S/C8H8Cl2S/c1-11-7-4-2-3-6(5-7)8(9)10/h2-5,8H,1H3. The van der Waals surface area contributed by atoms with E-state index in [0.717, 1.165) is 5.56 Å². The van der Waals surface area contributed by atoms with Crippen molar-refractivity contribution in [3.05, 3.63) is 29.8 Å². The number of hydrogen-bond donors (Lipinski definition) is 0. The molecular formula is C8H8Cl2S. The van der Waals surface area contributed by atoms with Crippen LogP contribution in [0.1, 0.15) is 10.4 Å². The highest BCUT2D eigenvalue weighted by Gasteiger charge is 2.02. The number of benzene rings is 1. The average Bonchev–Trinajstić information content (AvgIpc) is 2.05. The fourth-order valence-corrected chi connectivity index (χ4v) is 1.52. The largest absolute Gasteiger partial charge is 0.132 e. The van der Waals surface area contributed by atoms with Gasteiger partial charge in [0, 0.05) is 4.90 Å². The van der Waals surface area contributed by atoms with E-state index in [4.69, 9.17) is 23.2 Å². The summed E-state index contributed by atoms with van der Waals surface area (Å²) >= 11 is 13.1. The lowest BCUT2D eigenvalue weighted by Gasteiger charge is -2.02. The summed E-state index contributed by atoms with van der Waals surface area (Å²) in [6, 6.07) is 7.91. The smallest absolute Gasteiger partial charge is 0.130 e. The Hall–Kier alpha value is 0.150. The quantitative estimate of drug-likeness (QED) is 0.523. The van der Waals surface area contributed by atoms with Crippen LogP contribution < -0.4 is 0 Å². The third-order valence-electron chi connectivity index (χ3n) is 1.35. The van der Waals surface area contributed by atoms with Crippen molar-refractivity contribution >= 4 is 35.0 Å². The molecule has 0 N–H and O–H groups in total. The molecule has 0 bridgehead atoms. The maximum atomic E-state index is 5.69. The van der Waals surface area contributed by atoms with Gasteiger partial charge in [0.15, 0.2) is 0 Å². The molecule has 0 heterocycles. The zero-order valence-electron chi connectivity index (χ0n) is 6.05. The van der Waals surface area contributed by atoms with Gasteiger partial charge in [0.25, 0.3) is 0 Å². The van der Waals surface area contributed by atoms with Crippen LogP contribution in [0.15, 0.2) is 29.2 Å². The van der Waals surface area contributed by atoms with Gasteiger partial charge in [-0.15, -0.1) is 35.0 Å². The van der Waals surface area contributed by atoms with Crippen LogP contribution in [-0.2, 0) is 0 Å². The van der Waals surface area contributed by atoms with E-state index in [1.807, 2.05) is 30.5 Å². The number of hydrogen-bond acceptors (Lipinski definition) is 1. The molecular weight excluding hydrogens is 199 g/mol. The lowest BCUT2D eigenvalue weighted by atomic mass is 10.2. The monoisotopic (exact) mass is 206 g/mol. The molecule has 0 aliphatic rings. The second-order valence-corrected chi connectivity index (χ2v) is 4.05. The molecule has 0 spiro atoms. The average molecular weight is 207 g/mol. The van der Waals surface area contributed by atoms with Gasteiger partial charge in [-0.1, -0.05) is 12.1 Å². The van der Waals surface area contributed by atoms with Gasteiger partial charge in [-0.05, 0) is 24.0 Å². The molecule has 0 aliphatic heterocycles. The Balaban J connectivity index is 2.91. The lowest BCUT2D eigenvalue weighted by Crippen LogP contribution is -1.80. The van der Waals surface area contributed by atoms with Crippen molar-refractivity contribution in [2.24, 2.45) is 0 Å². The molecule has 0 saturated carbocycles. The van der Waals surface area contributed by atoms with Crippen LogP contribution in [0.25, 0.3) is 0 Å². The van der Waals surface area contributed by atoms with E-state index in [-0.39, 0.29) is 0 Å².